The monoisotopic (exact) mass is 319 g/mol. The van der Waals surface area contributed by atoms with Crippen LogP contribution in [0.4, 0.5) is 0 Å². The molecule has 0 bridgehead atoms. The van der Waals surface area contributed by atoms with Crippen molar-refractivity contribution in [1.82, 2.24) is 5.32 Å². The van der Waals surface area contributed by atoms with Crippen LogP contribution in [-0.4, -0.2) is 35.0 Å². The number of hydrogen-bond acceptors (Lipinski definition) is 5. The van der Waals surface area contributed by atoms with Crippen molar-refractivity contribution in [1.29, 1.82) is 0 Å². The maximum absolute atomic E-state index is 11.4. The Hall–Kier alpha value is -0.490. The second kappa shape index (κ2) is 10.3. The van der Waals surface area contributed by atoms with Crippen molar-refractivity contribution in [2.75, 3.05) is 11.5 Å². The zero-order valence-corrected chi connectivity index (χ0v) is 14.5. The molecule has 0 saturated heterocycles. The Labute approximate surface area is 129 Å². The second-order valence-corrected chi connectivity index (χ2v) is 7.89. The van der Waals surface area contributed by atoms with Crippen LogP contribution >= 0.6 is 21.6 Å². The lowest BCUT2D eigenvalue weighted by Gasteiger charge is -2.21. The smallest absolute Gasteiger partial charge is 0.217 e. The summed E-state index contributed by atoms with van der Waals surface area (Å²) >= 11 is 0. The molecule has 0 unspecified atom stereocenters. The van der Waals surface area contributed by atoms with Crippen LogP contribution in [0.15, 0.2) is 0 Å². The van der Waals surface area contributed by atoms with Crippen molar-refractivity contribution in [3.63, 3.8) is 0 Å². The quantitative estimate of drug-likeness (QED) is 0.495. The van der Waals surface area contributed by atoms with Gasteiger partial charge in [-0.3, -0.25) is 9.59 Å². The SMILES string of the molecule is CC(=O)C[C@@H](CSSC[C@H](NC(C)=O)C(C)C)C(C)=O. The van der Waals surface area contributed by atoms with Crippen molar-refractivity contribution in [2.24, 2.45) is 11.8 Å². The van der Waals surface area contributed by atoms with Gasteiger partial charge in [-0.05, 0) is 19.8 Å². The maximum Gasteiger partial charge on any atom is 0.217 e. The third-order valence-electron chi connectivity index (χ3n) is 2.90. The highest BCUT2D eigenvalue weighted by Gasteiger charge is 2.18. The highest BCUT2D eigenvalue weighted by molar-refractivity contribution is 8.76. The first-order valence-electron chi connectivity index (χ1n) is 6.75. The van der Waals surface area contributed by atoms with Crippen LogP contribution in [-0.2, 0) is 14.4 Å². The summed E-state index contributed by atoms with van der Waals surface area (Å²) in [6.45, 7) is 8.71. The fourth-order valence-electron chi connectivity index (χ4n) is 1.58. The van der Waals surface area contributed by atoms with Crippen LogP contribution in [0.1, 0.15) is 41.0 Å². The normalized spacial score (nSPS) is 13.9. The molecule has 6 heteroatoms. The number of nitrogens with one attached hydrogen (secondary N) is 1. The number of Topliss-reactive ketones (excluding diaryl/α,β-unsaturated/α-hetero) is 2. The van der Waals surface area contributed by atoms with Crippen molar-refractivity contribution < 1.29 is 14.4 Å². The van der Waals surface area contributed by atoms with Gasteiger partial charge in [0.25, 0.3) is 0 Å². The maximum atomic E-state index is 11.4. The minimum absolute atomic E-state index is 0.0208. The van der Waals surface area contributed by atoms with Crippen molar-refractivity contribution in [3.8, 4) is 0 Å². The summed E-state index contributed by atoms with van der Waals surface area (Å²) < 4.78 is 0. The van der Waals surface area contributed by atoms with Crippen LogP contribution in [0, 0.1) is 11.8 Å². The van der Waals surface area contributed by atoms with E-state index in [4.69, 9.17) is 0 Å². The van der Waals surface area contributed by atoms with E-state index in [1.165, 1.54) is 20.8 Å². The molecule has 0 fully saturated rings. The highest BCUT2D eigenvalue weighted by atomic mass is 33.1. The Balaban J connectivity index is 4.10. The number of hydrogen-bond donors (Lipinski definition) is 1. The van der Waals surface area contributed by atoms with Gasteiger partial charge in [0.1, 0.15) is 11.6 Å². The molecule has 0 aliphatic carbocycles. The van der Waals surface area contributed by atoms with E-state index in [0.717, 1.165) is 5.75 Å². The molecule has 0 aromatic heterocycles. The topological polar surface area (TPSA) is 63.2 Å². The molecule has 0 radical (unpaired) electrons. The third-order valence-corrected chi connectivity index (χ3v) is 5.42. The Bertz CT molecular complexity index is 345. The van der Waals surface area contributed by atoms with Gasteiger partial charge in [-0.1, -0.05) is 35.4 Å². The third kappa shape index (κ3) is 9.42. The van der Waals surface area contributed by atoms with E-state index < -0.39 is 0 Å². The summed E-state index contributed by atoms with van der Waals surface area (Å²) in [6.07, 6.45) is 0.322. The minimum atomic E-state index is -0.191. The Morgan fingerprint density at radius 3 is 1.95 bits per heavy atom. The number of ketones is 2. The van der Waals surface area contributed by atoms with Crippen LogP contribution in [0.3, 0.4) is 0 Å². The Morgan fingerprint density at radius 2 is 1.55 bits per heavy atom. The van der Waals surface area contributed by atoms with Crippen LogP contribution in [0.5, 0.6) is 0 Å². The van der Waals surface area contributed by atoms with Gasteiger partial charge in [-0.15, -0.1) is 0 Å². The molecule has 0 aromatic rings. The van der Waals surface area contributed by atoms with Gasteiger partial charge < -0.3 is 10.1 Å². The van der Waals surface area contributed by atoms with E-state index in [0.29, 0.717) is 18.1 Å². The minimum Gasteiger partial charge on any atom is -0.352 e. The number of amides is 1. The lowest BCUT2D eigenvalue weighted by Crippen LogP contribution is -2.38. The van der Waals surface area contributed by atoms with Crippen molar-refractivity contribution in [2.45, 2.75) is 47.1 Å². The Morgan fingerprint density at radius 1 is 1.00 bits per heavy atom. The molecule has 0 aromatic carbocycles. The predicted molar refractivity (Wildman–Crippen MR) is 86.8 cm³/mol. The summed E-state index contributed by atoms with van der Waals surface area (Å²) in [6, 6.07) is 0.133. The van der Waals surface area contributed by atoms with E-state index >= 15 is 0 Å². The van der Waals surface area contributed by atoms with Crippen LogP contribution in [0.25, 0.3) is 0 Å². The molecule has 1 amide bonds. The van der Waals surface area contributed by atoms with Gasteiger partial charge in [0.15, 0.2) is 0 Å². The summed E-state index contributed by atoms with van der Waals surface area (Å²) in [5.41, 5.74) is 0. The lowest BCUT2D eigenvalue weighted by atomic mass is 10.0. The fourth-order valence-corrected chi connectivity index (χ4v) is 4.41. The van der Waals surface area contributed by atoms with Gasteiger partial charge in [0.05, 0.1) is 0 Å². The first-order chi connectivity index (χ1) is 9.23. The largest absolute Gasteiger partial charge is 0.352 e. The molecule has 0 saturated carbocycles. The number of carbonyl (C=O) groups excluding carboxylic acids is 3. The zero-order chi connectivity index (χ0) is 15.7. The lowest BCUT2D eigenvalue weighted by molar-refractivity contribution is -0.125. The first-order valence-corrected chi connectivity index (χ1v) is 9.24. The molecule has 20 heavy (non-hydrogen) atoms. The van der Waals surface area contributed by atoms with E-state index in [2.05, 4.69) is 19.2 Å². The molecule has 0 aliphatic heterocycles. The summed E-state index contributed by atoms with van der Waals surface area (Å²) in [5.74, 6) is 1.71. The molecule has 0 rings (SSSR count). The van der Waals surface area contributed by atoms with E-state index in [-0.39, 0.29) is 29.4 Å². The number of rotatable bonds is 10. The highest BCUT2D eigenvalue weighted by Crippen LogP contribution is 2.27. The van der Waals surface area contributed by atoms with Gasteiger partial charge in [0.2, 0.25) is 5.91 Å². The Kier molecular flexibility index (Phi) is 10.0. The van der Waals surface area contributed by atoms with E-state index in [1.807, 2.05) is 0 Å². The molecular weight excluding hydrogens is 294 g/mol. The summed E-state index contributed by atoms with van der Waals surface area (Å²) in [4.78, 5) is 33.6. The van der Waals surface area contributed by atoms with E-state index in [9.17, 15) is 14.4 Å². The van der Waals surface area contributed by atoms with Crippen LogP contribution < -0.4 is 5.32 Å². The first kappa shape index (κ1) is 19.5. The van der Waals surface area contributed by atoms with Crippen molar-refractivity contribution in [3.05, 3.63) is 0 Å². The molecule has 116 valence electrons. The van der Waals surface area contributed by atoms with Crippen molar-refractivity contribution >= 4 is 39.1 Å². The fraction of sp³-hybridized carbons (Fsp3) is 0.786. The van der Waals surface area contributed by atoms with Gasteiger partial charge in [0, 0.05) is 36.8 Å². The molecule has 2 atom stereocenters. The van der Waals surface area contributed by atoms with Gasteiger partial charge in [-0.25, -0.2) is 0 Å². The summed E-state index contributed by atoms with van der Waals surface area (Å²) in [7, 11) is 3.24. The average molecular weight is 319 g/mol. The van der Waals surface area contributed by atoms with Gasteiger partial charge >= 0.3 is 0 Å². The molecular formula is C14H25NO3S2. The second-order valence-electron chi connectivity index (χ2n) is 5.33. The zero-order valence-electron chi connectivity index (χ0n) is 12.9. The molecule has 4 nitrogen and oxygen atoms in total. The average Bonchev–Trinajstić information content (AvgIpc) is 2.29. The predicted octanol–water partition coefficient (Wildman–Crippen LogP) is 2.71. The van der Waals surface area contributed by atoms with Gasteiger partial charge in [-0.2, -0.15) is 0 Å². The number of carbonyl (C=O) groups is 3. The molecule has 0 spiro atoms. The van der Waals surface area contributed by atoms with Crippen LogP contribution in [0.2, 0.25) is 0 Å². The van der Waals surface area contributed by atoms with E-state index in [1.54, 1.807) is 21.6 Å². The standard InChI is InChI=1S/C14H25NO3S2/c1-9(2)14(15-12(5)18)8-20-19-7-13(11(4)17)6-10(3)16/h9,13-14H,6-8H2,1-5H3,(H,15,18)/t13-,14-/m0/s1. The summed E-state index contributed by atoms with van der Waals surface area (Å²) in [5, 5.41) is 2.93. The molecule has 0 heterocycles. The molecule has 1 N–H and O–H groups in total. The molecule has 0 aliphatic rings.